The SMILES string of the molecule is COC(=O)[C@@H]1NC(c2ccccc2)(c2ccccc2)[C@H]2C(=O)N(c3ccc(Cl)cc3Cl)C(=O)[C@H]12. The summed E-state index contributed by atoms with van der Waals surface area (Å²) >= 11 is 12.4. The highest BCUT2D eigenvalue weighted by Gasteiger charge is 2.68. The number of esters is 1. The molecule has 2 saturated heterocycles. The number of carbonyl (C=O) groups is 3. The molecule has 2 aliphatic rings. The Morgan fingerprint density at radius 2 is 1.50 bits per heavy atom. The minimum atomic E-state index is -1.15. The van der Waals surface area contributed by atoms with Gasteiger partial charge < -0.3 is 4.74 Å². The van der Waals surface area contributed by atoms with E-state index >= 15 is 0 Å². The molecule has 0 aromatic heterocycles. The van der Waals surface area contributed by atoms with E-state index in [1.165, 1.54) is 19.2 Å². The Kier molecular flexibility index (Phi) is 5.68. The van der Waals surface area contributed by atoms with Crippen molar-refractivity contribution in [2.75, 3.05) is 12.0 Å². The van der Waals surface area contributed by atoms with Gasteiger partial charge in [0, 0.05) is 5.02 Å². The quantitative estimate of drug-likeness (QED) is 0.434. The van der Waals surface area contributed by atoms with E-state index in [2.05, 4.69) is 5.32 Å². The van der Waals surface area contributed by atoms with Gasteiger partial charge in [-0.05, 0) is 29.3 Å². The highest BCUT2D eigenvalue weighted by atomic mass is 35.5. The molecule has 3 aromatic carbocycles. The van der Waals surface area contributed by atoms with Gasteiger partial charge in [-0.3, -0.25) is 19.7 Å². The van der Waals surface area contributed by atoms with E-state index in [1.807, 2.05) is 60.7 Å². The van der Waals surface area contributed by atoms with Crippen LogP contribution in [0.1, 0.15) is 11.1 Å². The van der Waals surface area contributed by atoms with Gasteiger partial charge in [-0.15, -0.1) is 0 Å². The molecule has 0 spiro atoms. The zero-order valence-electron chi connectivity index (χ0n) is 18.1. The minimum Gasteiger partial charge on any atom is -0.468 e. The molecule has 1 N–H and O–H groups in total. The Balaban J connectivity index is 1.76. The van der Waals surface area contributed by atoms with Crippen molar-refractivity contribution in [1.29, 1.82) is 0 Å². The maximum atomic E-state index is 14.1. The smallest absolute Gasteiger partial charge is 0.323 e. The summed E-state index contributed by atoms with van der Waals surface area (Å²) in [5, 5.41) is 3.90. The molecule has 0 aliphatic carbocycles. The number of halogens is 2. The van der Waals surface area contributed by atoms with Gasteiger partial charge >= 0.3 is 5.97 Å². The number of carbonyl (C=O) groups excluding carboxylic acids is 3. The van der Waals surface area contributed by atoms with Crippen LogP contribution < -0.4 is 10.2 Å². The number of imide groups is 1. The van der Waals surface area contributed by atoms with Crippen LogP contribution in [0.2, 0.25) is 10.0 Å². The Hall–Kier alpha value is -3.19. The topological polar surface area (TPSA) is 75.7 Å². The van der Waals surface area contributed by atoms with E-state index in [0.29, 0.717) is 5.02 Å². The van der Waals surface area contributed by atoms with Crippen molar-refractivity contribution in [3.8, 4) is 0 Å². The molecule has 3 atom stereocenters. The lowest BCUT2D eigenvalue weighted by Crippen LogP contribution is -2.51. The summed E-state index contributed by atoms with van der Waals surface area (Å²) in [6, 6.07) is 22.2. The summed E-state index contributed by atoms with van der Waals surface area (Å²) in [5.41, 5.74) is 0.599. The van der Waals surface area contributed by atoms with Crippen LogP contribution in [0.3, 0.4) is 0 Å². The van der Waals surface area contributed by atoms with E-state index in [4.69, 9.17) is 27.9 Å². The lowest BCUT2D eigenvalue weighted by Gasteiger charge is -2.36. The van der Waals surface area contributed by atoms with Gasteiger partial charge in [0.15, 0.2) is 0 Å². The Morgan fingerprint density at radius 1 is 0.912 bits per heavy atom. The standard InChI is InChI=1S/C26H20Cl2N2O4/c1-34-25(33)22-20-21(24(32)30(23(20)31)19-13-12-17(27)14-18(19)28)26(29-22,15-8-4-2-5-9-15)16-10-6-3-7-11-16/h2-14,20-22,29H,1H3/t20-,21+,22+/m0/s1. The first-order chi connectivity index (χ1) is 16.4. The molecule has 2 amide bonds. The van der Waals surface area contributed by atoms with Gasteiger partial charge in [-0.2, -0.15) is 0 Å². The maximum absolute atomic E-state index is 14.1. The van der Waals surface area contributed by atoms with Crippen molar-refractivity contribution < 1.29 is 19.1 Å². The fraction of sp³-hybridized carbons (Fsp3) is 0.192. The van der Waals surface area contributed by atoms with Crippen molar-refractivity contribution in [2.24, 2.45) is 11.8 Å². The number of anilines is 1. The summed E-state index contributed by atoms with van der Waals surface area (Å²) in [6.45, 7) is 0. The zero-order valence-corrected chi connectivity index (χ0v) is 19.6. The number of methoxy groups -OCH3 is 1. The molecule has 2 heterocycles. The molecule has 3 aromatic rings. The van der Waals surface area contributed by atoms with E-state index < -0.39 is 41.2 Å². The Bertz CT molecular complexity index is 1240. The third-order valence-corrected chi connectivity index (χ3v) is 7.16. The third-order valence-electron chi connectivity index (χ3n) is 6.62. The summed E-state index contributed by atoms with van der Waals surface area (Å²) in [4.78, 5) is 41.8. The molecule has 0 radical (unpaired) electrons. The van der Waals surface area contributed by atoms with Crippen LogP contribution in [0, 0.1) is 11.8 Å². The predicted molar refractivity (Wildman–Crippen MR) is 129 cm³/mol. The van der Waals surface area contributed by atoms with Crippen molar-refractivity contribution in [3.63, 3.8) is 0 Å². The molecule has 2 fully saturated rings. The molecule has 172 valence electrons. The van der Waals surface area contributed by atoms with Crippen LogP contribution in [0.15, 0.2) is 78.9 Å². The van der Waals surface area contributed by atoms with E-state index in [-0.39, 0.29) is 10.7 Å². The van der Waals surface area contributed by atoms with E-state index in [1.54, 1.807) is 6.07 Å². The summed E-state index contributed by atoms with van der Waals surface area (Å²) in [7, 11) is 1.26. The van der Waals surface area contributed by atoms with Crippen LogP contribution in [0.5, 0.6) is 0 Å². The first kappa shape index (κ1) is 22.6. The van der Waals surface area contributed by atoms with Crippen molar-refractivity contribution in [2.45, 2.75) is 11.6 Å². The number of nitrogens with zero attached hydrogens (tertiary/aromatic N) is 1. The van der Waals surface area contributed by atoms with Crippen molar-refractivity contribution >= 4 is 46.7 Å². The zero-order chi connectivity index (χ0) is 24.0. The molecule has 0 saturated carbocycles. The Morgan fingerprint density at radius 3 is 2.03 bits per heavy atom. The molecule has 8 heteroatoms. The largest absolute Gasteiger partial charge is 0.468 e. The maximum Gasteiger partial charge on any atom is 0.323 e. The number of hydrogen-bond donors (Lipinski definition) is 1. The average molecular weight is 495 g/mol. The van der Waals surface area contributed by atoms with Crippen molar-refractivity contribution in [3.05, 3.63) is 100 Å². The predicted octanol–water partition coefficient (Wildman–Crippen LogP) is 4.19. The van der Waals surface area contributed by atoms with Crippen LogP contribution in [-0.2, 0) is 24.7 Å². The van der Waals surface area contributed by atoms with Gasteiger partial charge in [0.05, 0.1) is 35.2 Å². The number of ether oxygens (including phenoxy) is 1. The van der Waals surface area contributed by atoms with Crippen molar-refractivity contribution in [1.82, 2.24) is 5.32 Å². The highest BCUT2D eigenvalue weighted by molar-refractivity contribution is 6.38. The first-order valence-electron chi connectivity index (χ1n) is 10.7. The molecule has 6 nitrogen and oxygen atoms in total. The number of amides is 2. The minimum absolute atomic E-state index is 0.168. The Labute approximate surface area is 206 Å². The summed E-state index contributed by atoms with van der Waals surface area (Å²) < 4.78 is 5.04. The van der Waals surface area contributed by atoms with Gasteiger partial charge in [0.2, 0.25) is 11.8 Å². The molecule has 0 bridgehead atoms. The van der Waals surface area contributed by atoms with Crippen LogP contribution in [0.4, 0.5) is 5.69 Å². The molecular weight excluding hydrogens is 475 g/mol. The number of nitrogens with one attached hydrogen (secondary N) is 1. The van der Waals surface area contributed by atoms with Gasteiger partial charge in [-0.25, -0.2) is 4.90 Å². The highest BCUT2D eigenvalue weighted by Crippen LogP contribution is 2.53. The summed E-state index contributed by atoms with van der Waals surface area (Å²) in [6.07, 6.45) is 0. The number of benzene rings is 3. The fourth-order valence-electron chi connectivity index (χ4n) is 5.23. The van der Waals surface area contributed by atoms with E-state index in [9.17, 15) is 14.4 Å². The number of hydrogen-bond acceptors (Lipinski definition) is 5. The first-order valence-corrected chi connectivity index (χ1v) is 11.4. The molecule has 0 unspecified atom stereocenters. The van der Waals surface area contributed by atoms with E-state index in [0.717, 1.165) is 16.0 Å². The lowest BCUT2D eigenvalue weighted by molar-refractivity contribution is -0.145. The van der Waals surface area contributed by atoms with Crippen LogP contribution >= 0.6 is 23.2 Å². The second-order valence-corrected chi connectivity index (χ2v) is 9.14. The van der Waals surface area contributed by atoms with Gasteiger partial charge in [-0.1, -0.05) is 83.9 Å². The third kappa shape index (κ3) is 3.25. The van der Waals surface area contributed by atoms with Gasteiger partial charge in [0.25, 0.3) is 0 Å². The molecule has 2 aliphatic heterocycles. The monoisotopic (exact) mass is 494 g/mol. The normalized spacial score (nSPS) is 23.1. The summed E-state index contributed by atoms with van der Waals surface area (Å²) in [5.74, 6) is -3.50. The number of fused-ring (bicyclic) bond motifs is 1. The fourth-order valence-corrected chi connectivity index (χ4v) is 5.73. The second-order valence-electron chi connectivity index (χ2n) is 8.30. The van der Waals surface area contributed by atoms with Crippen LogP contribution in [-0.4, -0.2) is 30.9 Å². The second kappa shape index (κ2) is 8.55. The van der Waals surface area contributed by atoms with Crippen LogP contribution in [0.25, 0.3) is 0 Å². The average Bonchev–Trinajstić information content (AvgIpc) is 3.35. The van der Waals surface area contributed by atoms with Gasteiger partial charge in [0.1, 0.15) is 6.04 Å². The molecular formula is C26H20Cl2N2O4. The molecule has 5 rings (SSSR count). The molecule has 34 heavy (non-hydrogen) atoms. The number of rotatable bonds is 4. The lowest BCUT2D eigenvalue weighted by atomic mass is 9.72.